The number of nitrogen functional groups attached to an aromatic ring is 1. The summed E-state index contributed by atoms with van der Waals surface area (Å²) in [6.45, 7) is 0. The lowest BCUT2D eigenvalue weighted by atomic mass is 10.2. The number of hydrogen-bond donors (Lipinski definition) is 2. The van der Waals surface area contributed by atoms with Crippen LogP contribution in [0.4, 0.5) is 21.5 Å². The lowest BCUT2D eigenvalue weighted by Crippen LogP contribution is -1.98. The third-order valence-electron chi connectivity index (χ3n) is 2.18. The van der Waals surface area contributed by atoms with E-state index in [0.29, 0.717) is 21.5 Å². The van der Waals surface area contributed by atoms with Gasteiger partial charge in [0.05, 0.1) is 17.1 Å². The van der Waals surface area contributed by atoms with E-state index < -0.39 is 0 Å². The van der Waals surface area contributed by atoms with Crippen LogP contribution in [0.1, 0.15) is 0 Å². The van der Waals surface area contributed by atoms with Crippen molar-refractivity contribution < 1.29 is 4.39 Å². The monoisotopic (exact) mass is 280 g/mol. The topological polar surface area (TPSA) is 38.0 Å². The molecule has 0 unspecified atom stereocenters. The summed E-state index contributed by atoms with van der Waals surface area (Å²) in [7, 11) is 0. The first kappa shape index (κ1) is 11.0. The minimum atomic E-state index is -0.322. The van der Waals surface area contributed by atoms with Crippen LogP contribution in [0.5, 0.6) is 0 Å². The Hall–Kier alpha value is -1.55. The van der Waals surface area contributed by atoms with E-state index in [1.807, 2.05) is 12.1 Å². The molecule has 82 valence electrons. The average Bonchev–Trinajstić information content (AvgIpc) is 2.26. The molecule has 0 heterocycles. The van der Waals surface area contributed by atoms with Gasteiger partial charge in [-0.05, 0) is 40.2 Å². The van der Waals surface area contributed by atoms with Gasteiger partial charge in [-0.3, -0.25) is 0 Å². The lowest BCUT2D eigenvalue weighted by Gasteiger charge is -2.11. The predicted octanol–water partition coefficient (Wildman–Crippen LogP) is 3.91. The largest absolute Gasteiger partial charge is 0.397 e. The molecule has 0 aliphatic heterocycles. The summed E-state index contributed by atoms with van der Waals surface area (Å²) >= 11 is 3.29. The van der Waals surface area contributed by atoms with E-state index in [9.17, 15) is 4.39 Å². The maximum atomic E-state index is 13.5. The van der Waals surface area contributed by atoms with Gasteiger partial charge < -0.3 is 11.1 Å². The first-order chi connectivity index (χ1) is 7.68. The number of benzene rings is 2. The van der Waals surface area contributed by atoms with Crippen LogP contribution in [0.25, 0.3) is 0 Å². The molecule has 0 amide bonds. The van der Waals surface area contributed by atoms with Crippen LogP contribution in [0, 0.1) is 5.82 Å². The van der Waals surface area contributed by atoms with Crippen molar-refractivity contribution >= 4 is 33.0 Å². The second kappa shape index (κ2) is 4.53. The van der Waals surface area contributed by atoms with E-state index in [2.05, 4.69) is 21.2 Å². The van der Waals surface area contributed by atoms with Crippen LogP contribution in [-0.4, -0.2) is 0 Å². The van der Waals surface area contributed by atoms with Gasteiger partial charge in [-0.2, -0.15) is 0 Å². The Labute approximate surface area is 101 Å². The number of halogens is 2. The number of hydrogen-bond acceptors (Lipinski definition) is 2. The summed E-state index contributed by atoms with van der Waals surface area (Å²) in [5.74, 6) is -0.322. The standard InChI is InChI=1S/C12H10BrFN2/c13-8-4-3-5-9(14)12(8)16-11-7-2-1-6-10(11)15/h1-7,16H,15H2. The van der Waals surface area contributed by atoms with Crippen molar-refractivity contribution in [2.24, 2.45) is 0 Å². The number of rotatable bonds is 2. The van der Waals surface area contributed by atoms with Crippen LogP contribution >= 0.6 is 15.9 Å². The predicted molar refractivity (Wildman–Crippen MR) is 68.2 cm³/mol. The molecule has 0 aliphatic carbocycles. The molecule has 2 rings (SSSR count). The van der Waals surface area contributed by atoms with Crippen molar-refractivity contribution in [2.45, 2.75) is 0 Å². The minimum Gasteiger partial charge on any atom is -0.397 e. The van der Waals surface area contributed by atoms with Crippen LogP contribution in [0.3, 0.4) is 0 Å². The van der Waals surface area contributed by atoms with Gasteiger partial charge in [-0.25, -0.2) is 4.39 Å². The summed E-state index contributed by atoms with van der Waals surface area (Å²) in [4.78, 5) is 0. The maximum Gasteiger partial charge on any atom is 0.147 e. The van der Waals surface area contributed by atoms with Crippen LogP contribution in [0.2, 0.25) is 0 Å². The van der Waals surface area contributed by atoms with Crippen molar-refractivity contribution in [1.82, 2.24) is 0 Å². The molecule has 2 aromatic carbocycles. The van der Waals surface area contributed by atoms with Crippen molar-refractivity contribution in [3.05, 3.63) is 52.8 Å². The average molecular weight is 281 g/mol. The van der Waals surface area contributed by atoms with E-state index in [4.69, 9.17) is 5.73 Å². The highest BCUT2D eigenvalue weighted by Crippen LogP contribution is 2.30. The number of para-hydroxylation sites is 3. The molecular formula is C12H10BrFN2. The van der Waals surface area contributed by atoms with Crippen LogP contribution in [-0.2, 0) is 0 Å². The summed E-state index contributed by atoms with van der Waals surface area (Å²) in [6, 6.07) is 12.0. The zero-order chi connectivity index (χ0) is 11.5. The summed E-state index contributed by atoms with van der Waals surface area (Å²) < 4.78 is 14.2. The maximum absolute atomic E-state index is 13.5. The van der Waals surface area contributed by atoms with Gasteiger partial charge in [-0.1, -0.05) is 18.2 Å². The second-order valence-corrected chi connectivity index (χ2v) is 4.16. The second-order valence-electron chi connectivity index (χ2n) is 3.31. The number of nitrogens with one attached hydrogen (secondary N) is 1. The molecular weight excluding hydrogens is 271 g/mol. The molecule has 0 atom stereocenters. The van der Waals surface area contributed by atoms with Crippen molar-refractivity contribution in [2.75, 3.05) is 11.1 Å². The zero-order valence-corrected chi connectivity index (χ0v) is 9.96. The fraction of sp³-hybridized carbons (Fsp3) is 0. The third kappa shape index (κ3) is 2.17. The van der Waals surface area contributed by atoms with Crippen molar-refractivity contribution in [3.63, 3.8) is 0 Å². The highest BCUT2D eigenvalue weighted by Gasteiger charge is 2.07. The fourth-order valence-electron chi connectivity index (χ4n) is 1.36. The van der Waals surface area contributed by atoms with Gasteiger partial charge >= 0.3 is 0 Å². The first-order valence-electron chi connectivity index (χ1n) is 4.74. The Morgan fingerprint density at radius 3 is 2.50 bits per heavy atom. The first-order valence-corrected chi connectivity index (χ1v) is 5.53. The molecule has 0 spiro atoms. The zero-order valence-electron chi connectivity index (χ0n) is 8.37. The molecule has 0 saturated carbocycles. The fourth-order valence-corrected chi connectivity index (χ4v) is 1.80. The minimum absolute atomic E-state index is 0.322. The molecule has 0 bridgehead atoms. The van der Waals surface area contributed by atoms with Gasteiger partial charge in [0.2, 0.25) is 0 Å². The van der Waals surface area contributed by atoms with Gasteiger partial charge in [0.1, 0.15) is 5.82 Å². The molecule has 2 nitrogen and oxygen atoms in total. The van der Waals surface area contributed by atoms with E-state index >= 15 is 0 Å². The Balaban J connectivity index is 2.38. The smallest absolute Gasteiger partial charge is 0.147 e. The van der Waals surface area contributed by atoms with Gasteiger partial charge in [0, 0.05) is 4.47 Å². The summed E-state index contributed by atoms with van der Waals surface area (Å²) in [6.07, 6.45) is 0. The van der Waals surface area contributed by atoms with E-state index in [1.54, 1.807) is 24.3 Å². The molecule has 0 aromatic heterocycles. The van der Waals surface area contributed by atoms with Gasteiger partial charge in [-0.15, -0.1) is 0 Å². The lowest BCUT2D eigenvalue weighted by molar-refractivity contribution is 0.631. The molecule has 0 radical (unpaired) electrons. The van der Waals surface area contributed by atoms with Crippen LogP contribution in [0.15, 0.2) is 46.9 Å². The Morgan fingerprint density at radius 2 is 1.81 bits per heavy atom. The van der Waals surface area contributed by atoms with Gasteiger partial charge in [0.25, 0.3) is 0 Å². The number of nitrogens with two attached hydrogens (primary N) is 1. The molecule has 2 aromatic rings. The number of anilines is 3. The quantitative estimate of drug-likeness (QED) is 0.819. The highest BCUT2D eigenvalue weighted by atomic mass is 79.9. The molecule has 16 heavy (non-hydrogen) atoms. The SMILES string of the molecule is Nc1ccccc1Nc1c(F)cccc1Br. The Bertz CT molecular complexity index is 494. The molecule has 0 aliphatic rings. The van der Waals surface area contributed by atoms with E-state index in [-0.39, 0.29) is 5.82 Å². The summed E-state index contributed by atoms with van der Waals surface area (Å²) in [5, 5.41) is 2.96. The van der Waals surface area contributed by atoms with Crippen molar-refractivity contribution in [1.29, 1.82) is 0 Å². The Morgan fingerprint density at radius 1 is 1.06 bits per heavy atom. The third-order valence-corrected chi connectivity index (χ3v) is 2.84. The van der Waals surface area contributed by atoms with Crippen LogP contribution < -0.4 is 11.1 Å². The molecule has 3 N–H and O–H groups in total. The van der Waals surface area contributed by atoms with E-state index in [0.717, 1.165) is 0 Å². The highest BCUT2D eigenvalue weighted by molar-refractivity contribution is 9.10. The van der Waals surface area contributed by atoms with Crippen molar-refractivity contribution in [3.8, 4) is 0 Å². The molecule has 0 saturated heterocycles. The Kier molecular flexibility index (Phi) is 3.10. The van der Waals surface area contributed by atoms with Gasteiger partial charge in [0.15, 0.2) is 0 Å². The summed E-state index contributed by atoms with van der Waals surface area (Å²) in [5.41, 5.74) is 7.43. The molecule has 4 heteroatoms. The normalized spacial score (nSPS) is 10.1. The van der Waals surface area contributed by atoms with E-state index in [1.165, 1.54) is 6.07 Å². The molecule has 0 fully saturated rings.